The van der Waals surface area contributed by atoms with Gasteiger partial charge in [-0.25, -0.2) is 9.97 Å². The van der Waals surface area contributed by atoms with Crippen LogP contribution in [0.5, 0.6) is 0 Å². The molecule has 1 fully saturated rings. The molecule has 1 saturated heterocycles. The molecule has 3 rings (SSSR count). The van der Waals surface area contributed by atoms with E-state index in [1.54, 1.807) is 12.4 Å². The first kappa shape index (κ1) is 14.2. The Bertz CT molecular complexity index is 593. The van der Waals surface area contributed by atoms with E-state index in [-0.39, 0.29) is 0 Å². The van der Waals surface area contributed by atoms with Crippen molar-refractivity contribution in [2.75, 3.05) is 31.1 Å². The molecule has 0 radical (unpaired) electrons. The van der Waals surface area contributed by atoms with E-state index in [2.05, 4.69) is 37.7 Å². The van der Waals surface area contributed by atoms with E-state index >= 15 is 0 Å². The standard InChI is InChI=1S/C15H18ClN5/c1-12-2-3-17-8-13(12)11-20-4-6-21(7-5-20)15-18-9-14(16)10-19-15/h2-3,8-10H,4-7,11H2,1H3. The molecule has 6 heteroatoms. The van der Waals surface area contributed by atoms with Crippen molar-refractivity contribution >= 4 is 17.5 Å². The van der Waals surface area contributed by atoms with Crippen molar-refractivity contribution in [3.8, 4) is 0 Å². The van der Waals surface area contributed by atoms with Gasteiger partial charge in [0, 0.05) is 45.1 Å². The lowest BCUT2D eigenvalue weighted by molar-refractivity contribution is 0.248. The molecule has 3 heterocycles. The molecule has 0 aromatic carbocycles. The molecule has 0 aliphatic carbocycles. The molecule has 0 atom stereocenters. The van der Waals surface area contributed by atoms with Crippen LogP contribution in [-0.4, -0.2) is 46.0 Å². The van der Waals surface area contributed by atoms with Crippen LogP contribution in [0.25, 0.3) is 0 Å². The topological polar surface area (TPSA) is 45.2 Å². The maximum absolute atomic E-state index is 5.82. The quantitative estimate of drug-likeness (QED) is 0.869. The highest BCUT2D eigenvalue weighted by Crippen LogP contribution is 2.15. The van der Waals surface area contributed by atoms with Crippen LogP contribution < -0.4 is 4.90 Å². The molecule has 5 nitrogen and oxygen atoms in total. The molecule has 2 aromatic rings. The zero-order valence-electron chi connectivity index (χ0n) is 12.0. The SMILES string of the molecule is Cc1ccncc1CN1CCN(c2ncc(Cl)cn2)CC1. The maximum Gasteiger partial charge on any atom is 0.225 e. The van der Waals surface area contributed by atoms with E-state index in [1.807, 2.05) is 12.4 Å². The summed E-state index contributed by atoms with van der Waals surface area (Å²) in [6, 6.07) is 2.06. The fourth-order valence-electron chi connectivity index (χ4n) is 2.48. The van der Waals surface area contributed by atoms with E-state index in [4.69, 9.17) is 11.6 Å². The smallest absolute Gasteiger partial charge is 0.225 e. The predicted octanol–water partition coefficient (Wildman–Crippen LogP) is 2.16. The Kier molecular flexibility index (Phi) is 4.31. The Balaban J connectivity index is 1.58. The highest BCUT2D eigenvalue weighted by molar-refractivity contribution is 6.30. The Labute approximate surface area is 129 Å². The minimum Gasteiger partial charge on any atom is -0.338 e. The van der Waals surface area contributed by atoms with Crippen molar-refractivity contribution in [1.82, 2.24) is 19.9 Å². The summed E-state index contributed by atoms with van der Waals surface area (Å²) in [5.74, 6) is 0.761. The van der Waals surface area contributed by atoms with E-state index in [0.29, 0.717) is 5.02 Å². The highest BCUT2D eigenvalue weighted by atomic mass is 35.5. The van der Waals surface area contributed by atoms with Gasteiger partial charge in [-0.2, -0.15) is 0 Å². The number of halogens is 1. The number of hydrogen-bond acceptors (Lipinski definition) is 5. The molecule has 0 N–H and O–H groups in total. The first-order valence-electron chi connectivity index (χ1n) is 7.07. The average Bonchev–Trinajstić information content (AvgIpc) is 2.51. The third kappa shape index (κ3) is 3.49. The zero-order valence-corrected chi connectivity index (χ0v) is 12.8. The van der Waals surface area contributed by atoms with Crippen LogP contribution in [-0.2, 0) is 6.54 Å². The van der Waals surface area contributed by atoms with Crippen molar-refractivity contribution in [2.45, 2.75) is 13.5 Å². The third-order valence-corrected chi connectivity index (χ3v) is 4.00. The molecule has 0 unspecified atom stereocenters. The highest BCUT2D eigenvalue weighted by Gasteiger charge is 2.19. The lowest BCUT2D eigenvalue weighted by Gasteiger charge is -2.34. The molecule has 0 spiro atoms. The van der Waals surface area contributed by atoms with Gasteiger partial charge >= 0.3 is 0 Å². The molecular formula is C15H18ClN5. The van der Waals surface area contributed by atoms with Gasteiger partial charge in [-0.1, -0.05) is 11.6 Å². The van der Waals surface area contributed by atoms with Crippen LogP contribution in [0.4, 0.5) is 5.95 Å². The number of hydrogen-bond donors (Lipinski definition) is 0. The van der Waals surface area contributed by atoms with Gasteiger partial charge in [-0.05, 0) is 24.1 Å². The Morgan fingerprint density at radius 2 is 1.81 bits per heavy atom. The fraction of sp³-hybridized carbons (Fsp3) is 0.400. The summed E-state index contributed by atoms with van der Waals surface area (Å²) in [4.78, 5) is 17.4. The first-order valence-corrected chi connectivity index (χ1v) is 7.44. The maximum atomic E-state index is 5.82. The Hall–Kier alpha value is -1.72. The minimum atomic E-state index is 0.574. The Morgan fingerprint density at radius 1 is 1.10 bits per heavy atom. The number of aromatic nitrogens is 3. The van der Waals surface area contributed by atoms with Crippen LogP contribution in [0.15, 0.2) is 30.9 Å². The predicted molar refractivity (Wildman–Crippen MR) is 83.5 cm³/mol. The van der Waals surface area contributed by atoms with Crippen molar-refractivity contribution in [3.63, 3.8) is 0 Å². The van der Waals surface area contributed by atoms with E-state index < -0.39 is 0 Å². The molecule has 110 valence electrons. The van der Waals surface area contributed by atoms with E-state index in [1.165, 1.54) is 11.1 Å². The summed E-state index contributed by atoms with van der Waals surface area (Å²) < 4.78 is 0. The molecule has 21 heavy (non-hydrogen) atoms. The summed E-state index contributed by atoms with van der Waals surface area (Å²) in [5.41, 5.74) is 2.60. The number of anilines is 1. The van der Waals surface area contributed by atoms with Gasteiger partial charge in [0.05, 0.1) is 17.4 Å². The third-order valence-electron chi connectivity index (χ3n) is 3.80. The molecule has 0 amide bonds. The summed E-state index contributed by atoms with van der Waals surface area (Å²) in [6.45, 7) is 6.95. The minimum absolute atomic E-state index is 0.574. The second kappa shape index (κ2) is 6.37. The van der Waals surface area contributed by atoms with Gasteiger partial charge in [0.2, 0.25) is 5.95 Å². The summed E-state index contributed by atoms with van der Waals surface area (Å²) in [6.07, 6.45) is 7.10. The van der Waals surface area contributed by atoms with Gasteiger partial charge in [-0.15, -0.1) is 0 Å². The number of nitrogens with zero attached hydrogens (tertiary/aromatic N) is 5. The van der Waals surface area contributed by atoms with E-state index in [9.17, 15) is 0 Å². The molecule has 2 aromatic heterocycles. The number of piperazine rings is 1. The monoisotopic (exact) mass is 303 g/mol. The summed E-state index contributed by atoms with van der Waals surface area (Å²) in [7, 11) is 0. The van der Waals surface area contributed by atoms with Crippen molar-refractivity contribution in [2.24, 2.45) is 0 Å². The van der Waals surface area contributed by atoms with E-state index in [0.717, 1.165) is 38.7 Å². The molecule has 1 aliphatic rings. The first-order chi connectivity index (χ1) is 10.2. The van der Waals surface area contributed by atoms with Crippen molar-refractivity contribution < 1.29 is 0 Å². The molecule has 0 saturated carbocycles. The van der Waals surface area contributed by atoms with Gasteiger partial charge < -0.3 is 4.90 Å². The lowest BCUT2D eigenvalue weighted by Crippen LogP contribution is -2.46. The van der Waals surface area contributed by atoms with Crippen LogP contribution in [0, 0.1) is 6.92 Å². The van der Waals surface area contributed by atoms with Crippen LogP contribution >= 0.6 is 11.6 Å². The van der Waals surface area contributed by atoms with Gasteiger partial charge in [0.15, 0.2) is 0 Å². The summed E-state index contributed by atoms with van der Waals surface area (Å²) in [5, 5.41) is 0.574. The Morgan fingerprint density at radius 3 is 2.48 bits per heavy atom. The largest absolute Gasteiger partial charge is 0.338 e. The zero-order chi connectivity index (χ0) is 14.7. The lowest BCUT2D eigenvalue weighted by atomic mass is 10.1. The average molecular weight is 304 g/mol. The van der Waals surface area contributed by atoms with Crippen molar-refractivity contribution in [1.29, 1.82) is 0 Å². The van der Waals surface area contributed by atoms with Gasteiger partial charge in [-0.3, -0.25) is 9.88 Å². The van der Waals surface area contributed by atoms with Crippen LogP contribution in [0.3, 0.4) is 0 Å². The second-order valence-corrected chi connectivity index (χ2v) is 5.70. The molecular weight excluding hydrogens is 286 g/mol. The van der Waals surface area contributed by atoms with Gasteiger partial charge in [0.1, 0.15) is 0 Å². The van der Waals surface area contributed by atoms with Crippen LogP contribution in [0.1, 0.15) is 11.1 Å². The molecule has 1 aliphatic heterocycles. The fourth-order valence-corrected chi connectivity index (χ4v) is 2.58. The number of rotatable bonds is 3. The molecule has 0 bridgehead atoms. The number of aryl methyl sites for hydroxylation is 1. The number of pyridine rings is 1. The van der Waals surface area contributed by atoms with Gasteiger partial charge in [0.25, 0.3) is 0 Å². The van der Waals surface area contributed by atoms with Crippen LogP contribution in [0.2, 0.25) is 5.02 Å². The van der Waals surface area contributed by atoms with Crippen molar-refractivity contribution in [3.05, 3.63) is 47.0 Å². The normalized spacial score (nSPS) is 16.2. The summed E-state index contributed by atoms with van der Waals surface area (Å²) >= 11 is 5.82. The second-order valence-electron chi connectivity index (χ2n) is 5.27.